The van der Waals surface area contributed by atoms with E-state index < -0.39 is 0 Å². The van der Waals surface area contributed by atoms with Gasteiger partial charge in [0.05, 0.1) is 26.0 Å². The minimum absolute atomic E-state index is 0.356. The summed E-state index contributed by atoms with van der Waals surface area (Å²) >= 11 is 3.40. The highest BCUT2D eigenvalue weighted by atomic mass is 79.9. The van der Waals surface area contributed by atoms with Gasteiger partial charge in [-0.25, -0.2) is 5.43 Å². The highest BCUT2D eigenvalue weighted by molar-refractivity contribution is 9.10. The molecule has 154 valence electrons. The number of methoxy groups -OCH3 is 2. The van der Waals surface area contributed by atoms with Crippen LogP contribution in [-0.2, 0) is 6.61 Å². The van der Waals surface area contributed by atoms with Crippen molar-refractivity contribution in [2.45, 2.75) is 6.61 Å². The first-order chi connectivity index (χ1) is 14.6. The number of amides is 1. The van der Waals surface area contributed by atoms with Crippen LogP contribution in [0.2, 0.25) is 0 Å². The normalized spacial score (nSPS) is 10.6. The molecule has 0 aromatic heterocycles. The van der Waals surface area contributed by atoms with Crippen molar-refractivity contribution in [2.75, 3.05) is 14.2 Å². The molecule has 0 aliphatic heterocycles. The average molecular weight is 469 g/mol. The lowest BCUT2D eigenvalue weighted by atomic mass is 10.2. The van der Waals surface area contributed by atoms with E-state index >= 15 is 0 Å². The number of carbonyl (C=O) groups excluding carboxylic acids is 1. The topological polar surface area (TPSA) is 69.2 Å². The Bertz CT molecular complexity index is 1040. The molecule has 0 atom stereocenters. The molecule has 30 heavy (non-hydrogen) atoms. The van der Waals surface area contributed by atoms with Crippen molar-refractivity contribution in [3.63, 3.8) is 0 Å². The number of rotatable bonds is 8. The van der Waals surface area contributed by atoms with E-state index in [0.29, 0.717) is 35.0 Å². The maximum absolute atomic E-state index is 12.7. The molecule has 1 amide bonds. The van der Waals surface area contributed by atoms with Crippen LogP contribution in [0, 0.1) is 0 Å². The van der Waals surface area contributed by atoms with E-state index in [0.717, 1.165) is 10.0 Å². The SMILES string of the molecule is COc1ccc(/C=N/NC(=O)c2cc(Br)ccc2OCc2ccccc2)c(OC)c1. The number of ether oxygens (including phenoxy) is 3. The molecular weight excluding hydrogens is 448 g/mol. The minimum atomic E-state index is -0.386. The molecule has 0 fully saturated rings. The summed E-state index contributed by atoms with van der Waals surface area (Å²) in [5.41, 5.74) is 4.62. The Labute approximate surface area is 183 Å². The Kier molecular flexibility index (Phi) is 7.45. The number of halogens is 1. The number of hydrogen-bond donors (Lipinski definition) is 1. The molecule has 0 saturated heterocycles. The fraction of sp³-hybridized carbons (Fsp3) is 0.130. The Morgan fingerprint density at radius 1 is 1.00 bits per heavy atom. The van der Waals surface area contributed by atoms with E-state index in [2.05, 4.69) is 26.5 Å². The van der Waals surface area contributed by atoms with Gasteiger partial charge >= 0.3 is 0 Å². The number of carbonyl (C=O) groups is 1. The van der Waals surface area contributed by atoms with Crippen molar-refractivity contribution < 1.29 is 19.0 Å². The molecule has 3 aromatic rings. The zero-order chi connectivity index (χ0) is 21.3. The Morgan fingerprint density at radius 2 is 1.80 bits per heavy atom. The highest BCUT2D eigenvalue weighted by Crippen LogP contribution is 2.25. The second kappa shape index (κ2) is 10.5. The summed E-state index contributed by atoms with van der Waals surface area (Å²) in [4.78, 5) is 12.7. The monoisotopic (exact) mass is 468 g/mol. The first-order valence-electron chi connectivity index (χ1n) is 9.12. The number of hydrazone groups is 1. The molecule has 0 unspecified atom stereocenters. The van der Waals surface area contributed by atoms with Crippen molar-refractivity contribution in [3.8, 4) is 17.2 Å². The van der Waals surface area contributed by atoms with E-state index in [-0.39, 0.29) is 5.91 Å². The van der Waals surface area contributed by atoms with Crippen LogP contribution in [0.3, 0.4) is 0 Å². The van der Waals surface area contributed by atoms with Crippen LogP contribution < -0.4 is 19.6 Å². The van der Waals surface area contributed by atoms with Crippen molar-refractivity contribution in [2.24, 2.45) is 5.10 Å². The van der Waals surface area contributed by atoms with Crippen LogP contribution in [0.25, 0.3) is 0 Å². The van der Waals surface area contributed by atoms with E-state index in [4.69, 9.17) is 14.2 Å². The van der Waals surface area contributed by atoms with Gasteiger partial charge in [-0.15, -0.1) is 0 Å². The average Bonchev–Trinajstić information content (AvgIpc) is 2.78. The number of nitrogens with zero attached hydrogens (tertiary/aromatic N) is 1. The van der Waals surface area contributed by atoms with Gasteiger partial charge in [-0.05, 0) is 35.9 Å². The van der Waals surface area contributed by atoms with E-state index in [1.165, 1.54) is 6.21 Å². The lowest BCUT2D eigenvalue weighted by molar-refractivity contribution is 0.0950. The molecule has 7 heteroatoms. The van der Waals surface area contributed by atoms with Gasteiger partial charge in [-0.2, -0.15) is 5.10 Å². The van der Waals surface area contributed by atoms with Gasteiger partial charge < -0.3 is 14.2 Å². The third-order valence-corrected chi connectivity index (χ3v) is 4.73. The fourth-order valence-corrected chi connectivity index (χ4v) is 3.05. The van der Waals surface area contributed by atoms with Crippen molar-refractivity contribution >= 4 is 28.1 Å². The molecular formula is C23H21BrN2O4. The number of nitrogens with one attached hydrogen (secondary N) is 1. The first-order valence-corrected chi connectivity index (χ1v) is 9.91. The number of benzene rings is 3. The Morgan fingerprint density at radius 3 is 2.53 bits per heavy atom. The van der Waals surface area contributed by atoms with Gasteiger partial charge in [-0.1, -0.05) is 46.3 Å². The third kappa shape index (κ3) is 5.61. The predicted molar refractivity (Wildman–Crippen MR) is 120 cm³/mol. The van der Waals surface area contributed by atoms with Crippen molar-refractivity contribution in [3.05, 3.63) is 87.9 Å². The first kappa shape index (κ1) is 21.4. The van der Waals surface area contributed by atoms with Crippen LogP contribution in [0.5, 0.6) is 17.2 Å². The largest absolute Gasteiger partial charge is 0.497 e. The molecule has 3 aromatic carbocycles. The van der Waals surface area contributed by atoms with Gasteiger partial charge in [0.1, 0.15) is 23.9 Å². The fourth-order valence-electron chi connectivity index (χ4n) is 2.69. The summed E-state index contributed by atoms with van der Waals surface area (Å²) in [6.07, 6.45) is 1.51. The lowest BCUT2D eigenvalue weighted by Crippen LogP contribution is -2.19. The van der Waals surface area contributed by atoms with Gasteiger partial charge in [0.15, 0.2) is 0 Å². The molecule has 0 aliphatic carbocycles. The summed E-state index contributed by atoms with van der Waals surface area (Å²) in [6, 6.07) is 20.3. The van der Waals surface area contributed by atoms with Crippen molar-refractivity contribution in [1.29, 1.82) is 0 Å². The zero-order valence-electron chi connectivity index (χ0n) is 16.6. The second-order valence-electron chi connectivity index (χ2n) is 6.22. The van der Waals surface area contributed by atoms with Crippen LogP contribution in [0.15, 0.2) is 76.3 Å². The standard InChI is InChI=1S/C23H21BrN2O4/c1-28-19-10-8-17(22(13-19)29-2)14-25-26-23(27)20-12-18(24)9-11-21(20)30-15-16-6-4-3-5-7-16/h3-14H,15H2,1-2H3,(H,26,27)/b25-14+. The Hall–Kier alpha value is -3.32. The smallest absolute Gasteiger partial charge is 0.275 e. The Balaban J connectivity index is 1.72. The molecule has 0 aliphatic rings. The quantitative estimate of drug-likeness (QED) is 0.380. The molecule has 0 saturated carbocycles. The van der Waals surface area contributed by atoms with Crippen LogP contribution in [0.1, 0.15) is 21.5 Å². The molecule has 0 bridgehead atoms. The van der Waals surface area contributed by atoms with E-state index in [1.807, 2.05) is 36.4 Å². The van der Waals surface area contributed by atoms with E-state index in [1.54, 1.807) is 44.6 Å². The lowest BCUT2D eigenvalue weighted by Gasteiger charge is -2.11. The molecule has 0 spiro atoms. The molecule has 3 rings (SSSR count). The predicted octanol–water partition coefficient (Wildman–Crippen LogP) is 4.81. The number of hydrogen-bond acceptors (Lipinski definition) is 5. The van der Waals surface area contributed by atoms with Gasteiger partial charge in [0, 0.05) is 16.1 Å². The summed E-state index contributed by atoms with van der Waals surface area (Å²) < 4.78 is 17.1. The maximum Gasteiger partial charge on any atom is 0.275 e. The highest BCUT2D eigenvalue weighted by Gasteiger charge is 2.13. The molecule has 0 heterocycles. The minimum Gasteiger partial charge on any atom is -0.497 e. The zero-order valence-corrected chi connectivity index (χ0v) is 18.2. The second-order valence-corrected chi connectivity index (χ2v) is 7.14. The van der Waals surface area contributed by atoms with Gasteiger partial charge in [0.2, 0.25) is 0 Å². The van der Waals surface area contributed by atoms with Crippen LogP contribution in [0.4, 0.5) is 0 Å². The van der Waals surface area contributed by atoms with Crippen LogP contribution >= 0.6 is 15.9 Å². The van der Waals surface area contributed by atoms with Crippen molar-refractivity contribution in [1.82, 2.24) is 5.43 Å². The van der Waals surface area contributed by atoms with Crippen LogP contribution in [-0.4, -0.2) is 26.3 Å². The van der Waals surface area contributed by atoms with Gasteiger partial charge in [0.25, 0.3) is 5.91 Å². The summed E-state index contributed by atoms with van der Waals surface area (Å²) in [7, 11) is 3.14. The van der Waals surface area contributed by atoms with E-state index in [9.17, 15) is 4.79 Å². The molecule has 1 N–H and O–H groups in total. The summed E-state index contributed by atoms with van der Waals surface area (Å²) in [6.45, 7) is 0.356. The summed E-state index contributed by atoms with van der Waals surface area (Å²) in [5.74, 6) is 1.34. The third-order valence-electron chi connectivity index (χ3n) is 4.23. The van der Waals surface area contributed by atoms with Gasteiger partial charge in [-0.3, -0.25) is 4.79 Å². The maximum atomic E-state index is 12.7. The molecule has 6 nitrogen and oxygen atoms in total. The molecule has 0 radical (unpaired) electrons. The summed E-state index contributed by atoms with van der Waals surface area (Å²) in [5, 5.41) is 4.05.